The van der Waals surface area contributed by atoms with Crippen LogP contribution in [-0.2, 0) is 19.1 Å². The van der Waals surface area contributed by atoms with Crippen molar-refractivity contribution in [1.82, 2.24) is 4.90 Å². The van der Waals surface area contributed by atoms with Crippen LogP contribution in [0, 0.1) is 16.7 Å². The number of rotatable bonds is 5. The van der Waals surface area contributed by atoms with Crippen molar-refractivity contribution in [3.63, 3.8) is 0 Å². The summed E-state index contributed by atoms with van der Waals surface area (Å²) in [5, 5.41) is 12.1. The van der Waals surface area contributed by atoms with E-state index in [0.717, 1.165) is 0 Å². The van der Waals surface area contributed by atoms with Crippen molar-refractivity contribution >= 4 is 23.5 Å². The molecule has 27 heavy (non-hydrogen) atoms. The molecule has 1 saturated heterocycles. The minimum absolute atomic E-state index is 0.00406. The number of aromatic hydroxyl groups is 1. The fourth-order valence-corrected chi connectivity index (χ4v) is 4.75. The third-order valence-corrected chi connectivity index (χ3v) is 5.90. The van der Waals surface area contributed by atoms with E-state index in [1.54, 1.807) is 17.0 Å². The molecule has 7 heteroatoms. The Hall–Kier alpha value is -2.57. The van der Waals surface area contributed by atoms with Gasteiger partial charge in [-0.2, -0.15) is 0 Å². The van der Waals surface area contributed by atoms with Gasteiger partial charge in [0.15, 0.2) is 0 Å². The van der Waals surface area contributed by atoms with Gasteiger partial charge in [-0.1, -0.05) is 19.9 Å². The summed E-state index contributed by atoms with van der Waals surface area (Å²) in [4.78, 5) is 38.7. The van der Waals surface area contributed by atoms with Crippen LogP contribution in [0.4, 0.5) is 5.69 Å². The quantitative estimate of drug-likeness (QED) is 0.770. The molecule has 1 aliphatic carbocycles. The molecule has 1 aromatic carbocycles. The third kappa shape index (κ3) is 3.50. The van der Waals surface area contributed by atoms with Crippen molar-refractivity contribution in [1.29, 1.82) is 0 Å². The molecular weight excluding hydrogens is 348 g/mol. The van der Waals surface area contributed by atoms with Gasteiger partial charge in [-0.3, -0.25) is 14.4 Å². The second-order valence-electron chi connectivity index (χ2n) is 8.24. The van der Waals surface area contributed by atoms with E-state index < -0.39 is 5.41 Å². The number of anilines is 1. The minimum Gasteiger partial charge on any atom is -0.508 e. The zero-order valence-corrected chi connectivity index (χ0v) is 15.9. The first-order chi connectivity index (χ1) is 12.7. The van der Waals surface area contributed by atoms with E-state index in [9.17, 15) is 19.5 Å². The van der Waals surface area contributed by atoms with Crippen LogP contribution in [0.15, 0.2) is 24.3 Å². The van der Waals surface area contributed by atoms with Gasteiger partial charge in [0, 0.05) is 37.7 Å². The standard InChI is InChI=1S/C20H26N2O5/c1-19(2)11-20(18(26)27-3)12-22(10-15(19)20)17(25)8-7-16(24)21-13-5-4-6-14(23)9-13/h4-6,9,15,23H,7-8,10-12H2,1-3H3,(H,21,24)/t15-,20+/m1/s1. The molecule has 0 radical (unpaired) electrons. The highest BCUT2D eigenvalue weighted by Gasteiger charge is 2.67. The monoisotopic (exact) mass is 374 g/mol. The predicted octanol–water partition coefficient (Wildman–Crippen LogP) is 2.16. The number of carbonyl (C=O) groups is 3. The fraction of sp³-hybridized carbons (Fsp3) is 0.550. The number of esters is 1. The first-order valence-electron chi connectivity index (χ1n) is 9.13. The Balaban J connectivity index is 1.56. The van der Waals surface area contributed by atoms with Crippen LogP contribution in [-0.4, -0.2) is 48.0 Å². The van der Waals surface area contributed by atoms with Crippen molar-refractivity contribution < 1.29 is 24.2 Å². The number of ether oxygens (including phenoxy) is 1. The number of phenolic OH excluding ortho intramolecular Hbond substituents is 1. The fourth-order valence-electron chi connectivity index (χ4n) is 4.75. The van der Waals surface area contributed by atoms with Crippen LogP contribution < -0.4 is 5.32 Å². The molecule has 7 nitrogen and oxygen atoms in total. The van der Waals surface area contributed by atoms with Crippen LogP contribution in [0.5, 0.6) is 5.75 Å². The maximum atomic E-state index is 12.6. The topological polar surface area (TPSA) is 95.9 Å². The maximum Gasteiger partial charge on any atom is 0.314 e. The van der Waals surface area contributed by atoms with E-state index in [2.05, 4.69) is 19.2 Å². The van der Waals surface area contributed by atoms with Crippen LogP contribution in [0.3, 0.4) is 0 Å². The lowest BCUT2D eigenvalue weighted by atomic mass is 9.48. The normalized spacial score (nSPS) is 25.3. The lowest BCUT2D eigenvalue weighted by Crippen LogP contribution is -2.57. The number of likely N-dealkylation sites (tertiary alicyclic amines) is 1. The average molecular weight is 374 g/mol. The Morgan fingerprint density at radius 1 is 1.30 bits per heavy atom. The molecule has 2 aliphatic rings. The van der Waals surface area contributed by atoms with Gasteiger partial charge < -0.3 is 20.1 Å². The lowest BCUT2D eigenvalue weighted by molar-refractivity contribution is -0.174. The molecule has 1 aromatic rings. The van der Waals surface area contributed by atoms with Gasteiger partial charge in [0.1, 0.15) is 5.75 Å². The third-order valence-electron chi connectivity index (χ3n) is 5.90. The number of fused-ring (bicyclic) bond motifs is 1. The van der Waals surface area contributed by atoms with Crippen molar-refractivity contribution in [3.8, 4) is 5.75 Å². The summed E-state index contributed by atoms with van der Waals surface area (Å²) in [5.74, 6) is -0.521. The molecule has 0 unspecified atom stereocenters. The zero-order valence-electron chi connectivity index (χ0n) is 15.9. The molecule has 2 amide bonds. The Morgan fingerprint density at radius 2 is 2.04 bits per heavy atom. The summed E-state index contributed by atoms with van der Waals surface area (Å²) in [6, 6.07) is 6.25. The molecule has 146 valence electrons. The number of benzene rings is 1. The molecule has 3 rings (SSSR count). The summed E-state index contributed by atoms with van der Waals surface area (Å²) in [5.41, 5.74) is -0.119. The Labute approximate surface area is 158 Å². The van der Waals surface area contributed by atoms with Crippen molar-refractivity contribution in [3.05, 3.63) is 24.3 Å². The van der Waals surface area contributed by atoms with E-state index >= 15 is 0 Å². The summed E-state index contributed by atoms with van der Waals surface area (Å²) in [7, 11) is 1.38. The number of methoxy groups -OCH3 is 1. The minimum atomic E-state index is -0.599. The number of amides is 2. The number of carbonyl (C=O) groups excluding carboxylic acids is 3. The zero-order chi connectivity index (χ0) is 19.8. The smallest absolute Gasteiger partial charge is 0.314 e. The van der Waals surface area contributed by atoms with Crippen molar-refractivity contribution in [2.24, 2.45) is 16.7 Å². The van der Waals surface area contributed by atoms with Gasteiger partial charge >= 0.3 is 5.97 Å². The Bertz CT molecular complexity index is 775. The number of nitrogens with one attached hydrogen (secondary N) is 1. The molecular formula is C20H26N2O5. The van der Waals surface area contributed by atoms with E-state index in [4.69, 9.17) is 4.74 Å². The first-order valence-corrected chi connectivity index (χ1v) is 9.13. The average Bonchev–Trinajstić information content (AvgIpc) is 2.95. The molecule has 1 aliphatic heterocycles. The number of hydrogen-bond acceptors (Lipinski definition) is 5. The van der Waals surface area contributed by atoms with Crippen LogP contribution in [0.1, 0.15) is 33.1 Å². The van der Waals surface area contributed by atoms with Crippen LogP contribution >= 0.6 is 0 Å². The molecule has 0 spiro atoms. The lowest BCUT2D eigenvalue weighted by Gasteiger charge is -2.54. The first kappa shape index (κ1) is 19.2. The highest BCUT2D eigenvalue weighted by atomic mass is 16.5. The van der Waals surface area contributed by atoms with Gasteiger partial charge in [0.2, 0.25) is 11.8 Å². The van der Waals surface area contributed by atoms with Crippen molar-refractivity contribution in [2.75, 3.05) is 25.5 Å². The van der Waals surface area contributed by atoms with Gasteiger partial charge in [-0.15, -0.1) is 0 Å². The predicted molar refractivity (Wildman–Crippen MR) is 98.9 cm³/mol. The molecule has 0 bridgehead atoms. The van der Waals surface area contributed by atoms with Gasteiger partial charge in [0.05, 0.1) is 12.5 Å². The highest BCUT2D eigenvalue weighted by Crippen LogP contribution is 2.63. The maximum absolute atomic E-state index is 12.6. The van der Waals surface area contributed by atoms with Crippen molar-refractivity contribution in [2.45, 2.75) is 33.1 Å². The molecule has 0 aromatic heterocycles. The summed E-state index contributed by atoms with van der Waals surface area (Å²) in [6.45, 7) is 5.10. The molecule has 2 N–H and O–H groups in total. The number of hydrogen-bond donors (Lipinski definition) is 2. The van der Waals surface area contributed by atoms with Crippen LogP contribution in [0.25, 0.3) is 0 Å². The molecule has 1 heterocycles. The highest BCUT2D eigenvalue weighted by molar-refractivity contribution is 5.93. The second-order valence-corrected chi connectivity index (χ2v) is 8.24. The molecule has 2 fully saturated rings. The van der Waals surface area contributed by atoms with E-state index in [0.29, 0.717) is 25.2 Å². The van der Waals surface area contributed by atoms with E-state index in [-0.39, 0.29) is 47.7 Å². The van der Waals surface area contributed by atoms with E-state index in [1.807, 2.05) is 0 Å². The molecule has 1 saturated carbocycles. The summed E-state index contributed by atoms with van der Waals surface area (Å²) in [6.07, 6.45) is 0.832. The Kier molecular flexibility index (Phi) is 4.88. The summed E-state index contributed by atoms with van der Waals surface area (Å²) < 4.78 is 4.99. The van der Waals surface area contributed by atoms with E-state index in [1.165, 1.54) is 19.2 Å². The molecule has 2 atom stereocenters. The summed E-state index contributed by atoms with van der Waals surface area (Å²) >= 11 is 0. The van der Waals surface area contributed by atoms with Gasteiger partial charge in [-0.25, -0.2) is 0 Å². The van der Waals surface area contributed by atoms with Gasteiger partial charge in [-0.05, 0) is 29.9 Å². The Morgan fingerprint density at radius 3 is 2.67 bits per heavy atom. The van der Waals surface area contributed by atoms with Gasteiger partial charge in [0.25, 0.3) is 0 Å². The van der Waals surface area contributed by atoms with Crippen LogP contribution in [0.2, 0.25) is 0 Å². The SMILES string of the molecule is COC(=O)[C@@]12CN(C(=O)CCC(=O)Nc3cccc(O)c3)C[C@@H]1C(C)(C)C2. The largest absolute Gasteiger partial charge is 0.508 e. The number of phenols is 1. The second kappa shape index (κ2) is 6.87. The number of nitrogens with zero attached hydrogens (tertiary/aromatic N) is 1.